The van der Waals surface area contributed by atoms with Crippen molar-refractivity contribution in [3.8, 4) is 5.75 Å². The summed E-state index contributed by atoms with van der Waals surface area (Å²) in [4.78, 5) is 13.1. The van der Waals surface area contributed by atoms with Crippen molar-refractivity contribution in [3.63, 3.8) is 0 Å². The van der Waals surface area contributed by atoms with Gasteiger partial charge in [0, 0.05) is 13.6 Å². The quantitative estimate of drug-likeness (QED) is 0.758. The molecule has 0 saturated heterocycles. The lowest BCUT2D eigenvalue weighted by molar-refractivity contribution is 0.143. The van der Waals surface area contributed by atoms with E-state index in [0.717, 1.165) is 5.75 Å². The highest BCUT2D eigenvalue weighted by Gasteiger charge is 2.09. The molecule has 1 aromatic rings. The highest BCUT2D eigenvalue weighted by atomic mass is 16.5. The fourth-order valence-electron chi connectivity index (χ4n) is 1.89. The SMILES string of the molecule is CC(O)CN(C)C(=O)NCCOc1ccc(C(C)C)cc1. The third-order valence-electron chi connectivity index (χ3n) is 3.08. The zero-order valence-corrected chi connectivity index (χ0v) is 13.3. The third kappa shape index (κ3) is 6.49. The molecule has 1 aromatic carbocycles. The Balaban J connectivity index is 2.26. The maximum absolute atomic E-state index is 11.7. The summed E-state index contributed by atoms with van der Waals surface area (Å²) in [7, 11) is 1.65. The van der Waals surface area contributed by atoms with E-state index in [-0.39, 0.29) is 6.03 Å². The second-order valence-corrected chi connectivity index (χ2v) is 5.53. The van der Waals surface area contributed by atoms with Gasteiger partial charge in [-0.2, -0.15) is 0 Å². The fourth-order valence-corrected chi connectivity index (χ4v) is 1.89. The number of hydrogen-bond donors (Lipinski definition) is 2. The molecule has 5 nitrogen and oxygen atoms in total. The van der Waals surface area contributed by atoms with Gasteiger partial charge in [-0.15, -0.1) is 0 Å². The van der Waals surface area contributed by atoms with Gasteiger partial charge in [0.05, 0.1) is 12.6 Å². The van der Waals surface area contributed by atoms with Crippen molar-refractivity contribution >= 4 is 6.03 Å². The van der Waals surface area contributed by atoms with Crippen molar-refractivity contribution in [1.29, 1.82) is 0 Å². The minimum absolute atomic E-state index is 0.213. The Morgan fingerprint density at radius 2 is 1.90 bits per heavy atom. The van der Waals surface area contributed by atoms with Crippen molar-refractivity contribution in [2.24, 2.45) is 0 Å². The van der Waals surface area contributed by atoms with Crippen LogP contribution >= 0.6 is 0 Å². The first-order chi connectivity index (χ1) is 9.90. The average Bonchev–Trinajstić information content (AvgIpc) is 2.43. The van der Waals surface area contributed by atoms with Crippen LogP contribution in [-0.4, -0.2) is 48.9 Å². The van der Waals surface area contributed by atoms with Crippen LogP contribution in [0, 0.1) is 0 Å². The molecule has 0 spiro atoms. The van der Waals surface area contributed by atoms with Gasteiger partial charge in [-0.3, -0.25) is 0 Å². The first-order valence-corrected chi connectivity index (χ1v) is 7.30. The van der Waals surface area contributed by atoms with Crippen LogP contribution in [0.5, 0.6) is 5.75 Å². The van der Waals surface area contributed by atoms with Gasteiger partial charge in [-0.1, -0.05) is 26.0 Å². The average molecular weight is 294 g/mol. The molecule has 1 unspecified atom stereocenters. The van der Waals surface area contributed by atoms with Gasteiger partial charge < -0.3 is 20.1 Å². The Kier molecular flexibility index (Phi) is 7.02. The van der Waals surface area contributed by atoms with Crippen molar-refractivity contribution in [2.45, 2.75) is 32.8 Å². The van der Waals surface area contributed by atoms with Crippen molar-refractivity contribution in [3.05, 3.63) is 29.8 Å². The fraction of sp³-hybridized carbons (Fsp3) is 0.562. The molecule has 5 heteroatoms. The predicted molar refractivity (Wildman–Crippen MR) is 83.7 cm³/mol. The molecule has 0 aliphatic carbocycles. The van der Waals surface area contributed by atoms with Gasteiger partial charge in [0.2, 0.25) is 0 Å². The van der Waals surface area contributed by atoms with Crippen molar-refractivity contribution in [2.75, 3.05) is 26.7 Å². The Morgan fingerprint density at radius 1 is 1.29 bits per heavy atom. The van der Waals surface area contributed by atoms with E-state index in [2.05, 4.69) is 31.3 Å². The van der Waals surface area contributed by atoms with Crippen LogP contribution in [0.2, 0.25) is 0 Å². The number of aliphatic hydroxyl groups excluding tert-OH is 1. The Labute approximate surface area is 126 Å². The Hall–Kier alpha value is -1.75. The van der Waals surface area contributed by atoms with Gasteiger partial charge in [0.25, 0.3) is 0 Å². The smallest absolute Gasteiger partial charge is 0.317 e. The number of nitrogens with zero attached hydrogens (tertiary/aromatic N) is 1. The van der Waals surface area contributed by atoms with Gasteiger partial charge in [0.15, 0.2) is 0 Å². The van der Waals surface area contributed by atoms with Crippen LogP contribution in [0.3, 0.4) is 0 Å². The summed E-state index contributed by atoms with van der Waals surface area (Å²) in [5, 5.41) is 11.9. The lowest BCUT2D eigenvalue weighted by Crippen LogP contribution is -2.42. The molecule has 0 aromatic heterocycles. The van der Waals surface area contributed by atoms with Crippen LogP contribution < -0.4 is 10.1 Å². The number of rotatable bonds is 7. The number of carbonyl (C=O) groups is 1. The number of carbonyl (C=O) groups excluding carboxylic acids is 1. The standard InChI is InChI=1S/C16H26N2O3/c1-12(2)14-5-7-15(8-6-14)21-10-9-17-16(20)18(4)11-13(3)19/h5-8,12-13,19H,9-11H2,1-4H3,(H,17,20). The highest BCUT2D eigenvalue weighted by Crippen LogP contribution is 2.18. The maximum Gasteiger partial charge on any atom is 0.317 e. The first kappa shape index (κ1) is 17.3. The molecule has 0 aliphatic heterocycles. The third-order valence-corrected chi connectivity index (χ3v) is 3.08. The summed E-state index contributed by atoms with van der Waals surface area (Å²) in [5.74, 6) is 1.30. The molecule has 2 N–H and O–H groups in total. The second-order valence-electron chi connectivity index (χ2n) is 5.53. The van der Waals surface area contributed by atoms with Gasteiger partial charge in [-0.05, 0) is 30.5 Å². The largest absolute Gasteiger partial charge is 0.492 e. The number of ether oxygens (including phenoxy) is 1. The monoisotopic (exact) mass is 294 g/mol. The van der Waals surface area contributed by atoms with Gasteiger partial charge in [0.1, 0.15) is 12.4 Å². The number of hydrogen-bond acceptors (Lipinski definition) is 3. The molecule has 118 valence electrons. The number of likely N-dealkylation sites (N-methyl/N-ethyl adjacent to an activating group) is 1. The molecule has 0 fully saturated rings. The summed E-state index contributed by atoms with van der Waals surface area (Å²) >= 11 is 0. The lowest BCUT2D eigenvalue weighted by Gasteiger charge is -2.19. The van der Waals surface area contributed by atoms with Crippen LogP contribution in [-0.2, 0) is 0 Å². The molecule has 0 aliphatic rings. The maximum atomic E-state index is 11.7. The minimum Gasteiger partial charge on any atom is -0.492 e. The molecule has 21 heavy (non-hydrogen) atoms. The molecule has 1 atom stereocenters. The number of nitrogens with one attached hydrogen (secondary N) is 1. The Morgan fingerprint density at radius 3 is 2.43 bits per heavy atom. The van der Waals surface area contributed by atoms with E-state index >= 15 is 0 Å². The van der Waals surface area contributed by atoms with E-state index in [4.69, 9.17) is 4.74 Å². The van der Waals surface area contributed by atoms with Crippen LogP contribution in [0.25, 0.3) is 0 Å². The number of aliphatic hydroxyl groups is 1. The molecule has 0 heterocycles. The van der Waals surface area contributed by atoms with E-state index < -0.39 is 6.10 Å². The summed E-state index contributed by atoms with van der Waals surface area (Å²) in [6.45, 7) is 7.09. The van der Waals surface area contributed by atoms with E-state index in [0.29, 0.717) is 25.6 Å². The summed E-state index contributed by atoms with van der Waals surface area (Å²) in [5.41, 5.74) is 1.27. The van der Waals surface area contributed by atoms with Crippen LogP contribution in [0.4, 0.5) is 4.79 Å². The molecule has 0 bridgehead atoms. The molecular formula is C16H26N2O3. The van der Waals surface area contributed by atoms with Gasteiger partial charge in [-0.25, -0.2) is 4.79 Å². The first-order valence-electron chi connectivity index (χ1n) is 7.30. The molecule has 0 saturated carbocycles. The lowest BCUT2D eigenvalue weighted by atomic mass is 10.0. The van der Waals surface area contributed by atoms with Crippen molar-refractivity contribution < 1.29 is 14.6 Å². The second kappa shape index (κ2) is 8.52. The zero-order valence-electron chi connectivity index (χ0n) is 13.3. The van der Waals surface area contributed by atoms with Gasteiger partial charge >= 0.3 is 6.03 Å². The molecular weight excluding hydrogens is 268 g/mol. The zero-order chi connectivity index (χ0) is 15.8. The van der Waals surface area contributed by atoms with Crippen LogP contribution in [0.15, 0.2) is 24.3 Å². The predicted octanol–water partition coefficient (Wildman–Crippen LogP) is 2.21. The number of amides is 2. The summed E-state index contributed by atoms with van der Waals surface area (Å²) in [6.07, 6.45) is -0.531. The number of benzene rings is 1. The molecule has 0 radical (unpaired) electrons. The topological polar surface area (TPSA) is 61.8 Å². The van der Waals surface area contributed by atoms with Crippen molar-refractivity contribution in [1.82, 2.24) is 10.2 Å². The van der Waals surface area contributed by atoms with E-state index in [1.54, 1.807) is 14.0 Å². The highest BCUT2D eigenvalue weighted by molar-refractivity contribution is 5.73. The van der Waals surface area contributed by atoms with Crippen LogP contribution in [0.1, 0.15) is 32.3 Å². The number of urea groups is 1. The molecule has 1 rings (SSSR count). The van der Waals surface area contributed by atoms with E-state index in [9.17, 15) is 9.90 Å². The Bertz CT molecular complexity index is 430. The summed E-state index contributed by atoms with van der Waals surface area (Å²) < 4.78 is 5.57. The van der Waals surface area contributed by atoms with E-state index in [1.807, 2.05) is 12.1 Å². The minimum atomic E-state index is -0.531. The normalized spacial score (nSPS) is 12.1. The summed E-state index contributed by atoms with van der Waals surface area (Å²) in [6, 6.07) is 7.77. The molecule has 2 amide bonds. The van der Waals surface area contributed by atoms with E-state index in [1.165, 1.54) is 10.5 Å².